The predicted molar refractivity (Wildman–Crippen MR) is 255 cm³/mol. The lowest BCUT2D eigenvalue weighted by Gasteiger charge is -2.33. The molecule has 65 heavy (non-hydrogen) atoms. The van der Waals surface area contributed by atoms with Crippen molar-refractivity contribution in [2.45, 2.75) is 91.3 Å². The topological polar surface area (TPSA) is 159 Å². The van der Waals surface area contributed by atoms with Gasteiger partial charge in [-0.3, -0.25) is 9.58 Å². The fourth-order valence-electron chi connectivity index (χ4n) is 9.48. The highest BCUT2D eigenvalue weighted by atomic mass is 15.3. The first-order valence-corrected chi connectivity index (χ1v) is 23.5. The molecule has 3 aliphatic carbocycles. The van der Waals surface area contributed by atoms with Crippen LogP contribution >= 0.6 is 0 Å². The van der Waals surface area contributed by atoms with Crippen LogP contribution in [0.1, 0.15) is 105 Å². The minimum absolute atomic E-state index is 0.187. The summed E-state index contributed by atoms with van der Waals surface area (Å²) in [4.78, 5) is 40.4. The van der Waals surface area contributed by atoms with Crippen LogP contribution in [0.5, 0.6) is 0 Å². The summed E-state index contributed by atoms with van der Waals surface area (Å²) in [6.45, 7) is 21.5. The monoisotopic (exact) mass is 873 g/mol. The van der Waals surface area contributed by atoms with Gasteiger partial charge in [-0.1, -0.05) is 13.0 Å². The van der Waals surface area contributed by atoms with E-state index >= 15 is 0 Å². The SMILES string of the molecule is C#Cc1nn(C(C)C)c2c1CCc1cnc(Nc3ccc(N4CCNCC4)cn3)nc1-2.CCN1CCN(Cc2ccc(Nc3ncc4c(n3)-c3c(nc(C5CC5)n3C(C)C)C4)nc2)CC1. The molecule has 11 rings (SSSR count). The number of pyridine rings is 2. The summed E-state index contributed by atoms with van der Waals surface area (Å²) in [5, 5.41) is 14.6. The molecule has 0 aromatic carbocycles. The molecule has 6 aromatic rings. The molecule has 336 valence electrons. The van der Waals surface area contributed by atoms with Gasteiger partial charge in [-0.2, -0.15) is 5.10 Å². The molecule has 16 heteroatoms. The van der Waals surface area contributed by atoms with E-state index in [2.05, 4.69) is 113 Å². The van der Waals surface area contributed by atoms with Crippen LogP contribution < -0.4 is 20.9 Å². The first kappa shape index (κ1) is 42.7. The second-order valence-corrected chi connectivity index (χ2v) is 18.3. The summed E-state index contributed by atoms with van der Waals surface area (Å²) in [6, 6.07) is 8.80. The number of piperazine rings is 2. The van der Waals surface area contributed by atoms with Gasteiger partial charge >= 0.3 is 0 Å². The Kier molecular flexibility index (Phi) is 12.0. The van der Waals surface area contributed by atoms with Crippen LogP contribution in [-0.2, 0) is 25.8 Å². The molecule has 0 amide bonds. The lowest BCUT2D eigenvalue weighted by Crippen LogP contribution is -2.45. The quantitative estimate of drug-likeness (QED) is 0.121. The van der Waals surface area contributed by atoms with Crippen molar-refractivity contribution in [1.29, 1.82) is 0 Å². The minimum Gasteiger partial charge on any atom is -0.368 e. The lowest BCUT2D eigenvalue weighted by atomic mass is 9.93. The third-order valence-electron chi connectivity index (χ3n) is 13.1. The van der Waals surface area contributed by atoms with E-state index in [1.54, 1.807) is 0 Å². The largest absolute Gasteiger partial charge is 0.368 e. The van der Waals surface area contributed by atoms with Gasteiger partial charge in [0, 0.05) is 113 Å². The smallest absolute Gasteiger partial charge is 0.228 e. The molecule has 5 aliphatic rings. The van der Waals surface area contributed by atoms with Crippen LogP contribution in [0, 0.1) is 12.3 Å². The number of terminal acetylenes is 1. The van der Waals surface area contributed by atoms with Crippen LogP contribution in [0.4, 0.5) is 29.2 Å². The van der Waals surface area contributed by atoms with Crippen LogP contribution in [0.25, 0.3) is 22.8 Å². The third kappa shape index (κ3) is 8.92. The molecule has 3 fully saturated rings. The number of hydrogen-bond acceptors (Lipinski definition) is 14. The number of hydrogen-bond donors (Lipinski definition) is 3. The van der Waals surface area contributed by atoms with Gasteiger partial charge in [0.05, 0.1) is 40.4 Å². The number of anilines is 5. The molecule has 6 aromatic heterocycles. The van der Waals surface area contributed by atoms with Gasteiger partial charge in [0.1, 0.15) is 23.2 Å². The van der Waals surface area contributed by atoms with Crippen molar-refractivity contribution in [2.75, 3.05) is 74.4 Å². The van der Waals surface area contributed by atoms with Gasteiger partial charge in [-0.25, -0.2) is 34.9 Å². The highest BCUT2D eigenvalue weighted by Gasteiger charge is 2.36. The van der Waals surface area contributed by atoms with Crippen molar-refractivity contribution in [3.63, 3.8) is 0 Å². The lowest BCUT2D eigenvalue weighted by molar-refractivity contribution is 0.132. The number of nitrogens with zero attached hydrogens (tertiary/aromatic N) is 13. The second-order valence-electron chi connectivity index (χ2n) is 18.3. The summed E-state index contributed by atoms with van der Waals surface area (Å²) in [5.74, 6) is 7.20. The number of fused-ring (bicyclic) bond motifs is 6. The Bertz CT molecular complexity index is 2670. The van der Waals surface area contributed by atoms with Crippen molar-refractivity contribution < 1.29 is 0 Å². The minimum atomic E-state index is 0.187. The molecule has 16 nitrogen and oxygen atoms in total. The van der Waals surface area contributed by atoms with E-state index in [0.717, 1.165) is 141 Å². The highest BCUT2D eigenvalue weighted by molar-refractivity contribution is 5.72. The van der Waals surface area contributed by atoms with Crippen LogP contribution in [-0.4, -0.2) is 118 Å². The zero-order valence-electron chi connectivity index (χ0n) is 38.3. The normalized spacial score (nSPS) is 16.9. The fourth-order valence-corrected chi connectivity index (χ4v) is 9.48. The molecule has 8 heterocycles. The van der Waals surface area contributed by atoms with Crippen LogP contribution in [0.2, 0.25) is 0 Å². The van der Waals surface area contributed by atoms with Gasteiger partial charge in [0.25, 0.3) is 0 Å². The van der Waals surface area contributed by atoms with Crippen molar-refractivity contribution in [3.8, 4) is 35.1 Å². The number of likely N-dealkylation sites (N-methyl/N-ethyl adjacent to an activating group) is 1. The Balaban J connectivity index is 0.000000154. The molecule has 0 atom stereocenters. The summed E-state index contributed by atoms with van der Waals surface area (Å²) in [7, 11) is 0. The van der Waals surface area contributed by atoms with Gasteiger partial charge < -0.3 is 30.3 Å². The van der Waals surface area contributed by atoms with Crippen molar-refractivity contribution >= 4 is 29.2 Å². The highest BCUT2D eigenvalue weighted by Crippen LogP contribution is 2.46. The summed E-state index contributed by atoms with van der Waals surface area (Å²) < 4.78 is 4.39. The summed E-state index contributed by atoms with van der Waals surface area (Å²) in [6.07, 6.45) is 18.5. The summed E-state index contributed by atoms with van der Waals surface area (Å²) in [5.41, 5.74) is 11.7. The Morgan fingerprint density at radius 3 is 2.03 bits per heavy atom. The second kappa shape index (κ2) is 18.3. The van der Waals surface area contributed by atoms with Crippen molar-refractivity contribution in [3.05, 3.63) is 88.5 Å². The van der Waals surface area contributed by atoms with E-state index in [-0.39, 0.29) is 6.04 Å². The van der Waals surface area contributed by atoms with E-state index in [1.165, 1.54) is 29.9 Å². The number of aryl methyl sites for hydroxylation is 1. The maximum Gasteiger partial charge on any atom is 0.228 e. The zero-order chi connectivity index (χ0) is 44.6. The summed E-state index contributed by atoms with van der Waals surface area (Å²) >= 11 is 0. The predicted octanol–water partition coefficient (Wildman–Crippen LogP) is 6.53. The van der Waals surface area contributed by atoms with Crippen LogP contribution in [0.15, 0.2) is 49.1 Å². The van der Waals surface area contributed by atoms with Gasteiger partial charge in [-0.05, 0) is 95.2 Å². The molecule has 0 bridgehead atoms. The Labute approximate surface area is 381 Å². The number of aromatic nitrogens is 10. The molecule has 0 unspecified atom stereocenters. The molecular formula is C49H60N16. The number of rotatable bonds is 11. The molecule has 2 aliphatic heterocycles. The van der Waals surface area contributed by atoms with Gasteiger partial charge in [0.15, 0.2) is 0 Å². The average molecular weight is 873 g/mol. The average Bonchev–Trinajstić information content (AvgIpc) is 3.86. The van der Waals surface area contributed by atoms with E-state index < -0.39 is 0 Å². The van der Waals surface area contributed by atoms with Gasteiger partial charge in [0.2, 0.25) is 11.9 Å². The Morgan fingerprint density at radius 2 is 1.42 bits per heavy atom. The number of nitrogens with one attached hydrogen (secondary N) is 3. The van der Waals surface area contributed by atoms with E-state index in [1.807, 2.05) is 41.6 Å². The van der Waals surface area contributed by atoms with Crippen molar-refractivity contribution in [1.82, 2.24) is 64.4 Å². The Morgan fingerprint density at radius 1 is 0.738 bits per heavy atom. The van der Waals surface area contributed by atoms with Crippen LogP contribution in [0.3, 0.4) is 0 Å². The maximum absolute atomic E-state index is 5.72. The number of imidazole rings is 1. The van der Waals surface area contributed by atoms with E-state index in [4.69, 9.17) is 21.4 Å². The first-order chi connectivity index (χ1) is 31.7. The van der Waals surface area contributed by atoms with Gasteiger partial charge in [-0.15, -0.1) is 6.42 Å². The third-order valence-corrected chi connectivity index (χ3v) is 13.1. The Hall–Kier alpha value is -6.28. The molecule has 0 spiro atoms. The fraction of sp³-hybridized carbons (Fsp3) is 0.469. The molecule has 0 radical (unpaired) electrons. The van der Waals surface area contributed by atoms with Crippen molar-refractivity contribution in [2.24, 2.45) is 0 Å². The molecule has 3 N–H and O–H groups in total. The van der Waals surface area contributed by atoms with E-state index in [0.29, 0.717) is 29.6 Å². The molecule has 1 saturated carbocycles. The maximum atomic E-state index is 5.72. The standard InChI is InChI=1S/C26H34N8.C23H26N8/c1-4-32-9-11-33(12-10-32)16-18-5-8-22(27-14-18)30-26-28-15-20-13-21-24(23(20)31-26)34(17(2)3)25(29-21)19-6-7-19;1-4-19-18-7-5-16-13-26-23(28-21(16)22(18)31(29-19)15(2)3)27-20-8-6-17(14-25-20)30-11-9-24-10-12-30/h5,8,14-15,17,19H,4,6-7,9-13,16H2,1-3H3,(H,27,28,30,31);1,6,8,13-15,24H,5,7,9-12H2,2-3H3,(H,25,26,27,28). The molecule has 2 saturated heterocycles. The molecular weight excluding hydrogens is 813 g/mol. The first-order valence-electron chi connectivity index (χ1n) is 23.5. The zero-order valence-corrected chi connectivity index (χ0v) is 38.3. The van der Waals surface area contributed by atoms with E-state index in [9.17, 15) is 0 Å².